The number of nitrogens with two attached hydrogens (primary N) is 1. The molecule has 84 valence electrons. The first-order valence-electron chi connectivity index (χ1n) is 5.36. The molecule has 0 aromatic heterocycles. The quantitative estimate of drug-likeness (QED) is 0.806. The first kappa shape index (κ1) is 10.8. The van der Waals surface area contributed by atoms with Crippen LogP contribution in [0.2, 0.25) is 0 Å². The second kappa shape index (κ2) is 4.42. The van der Waals surface area contributed by atoms with E-state index in [1.807, 2.05) is 19.2 Å². The molecule has 0 saturated carbocycles. The Kier molecular flexibility index (Phi) is 2.97. The van der Waals surface area contributed by atoms with E-state index in [1.54, 1.807) is 6.07 Å². The van der Waals surface area contributed by atoms with E-state index in [9.17, 15) is 0 Å². The maximum absolute atomic E-state index is 8.98. The van der Waals surface area contributed by atoms with Crippen LogP contribution in [0, 0.1) is 11.3 Å². The number of para-hydroxylation sites is 1. The smallest absolute Gasteiger partial charge is 0.160 e. The summed E-state index contributed by atoms with van der Waals surface area (Å²) in [6, 6.07) is 8.07. The van der Waals surface area contributed by atoms with Crippen LogP contribution in [-0.2, 0) is 0 Å². The van der Waals surface area contributed by atoms with Crippen molar-refractivity contribution in [2.75, 3.05) is 25.1 Å². The summed E-state index contributed by atoms with van der Waals surface area (Å²) < 4.78 is 5.66. The zero-order chi connectivity index (χ0) is 11.5. The predicted molar refractivity (Wildman–Crippen MR) is 62.5 cm³/mol. The van der Waals surface area contributed by atoms with Crippen molar-refractivity contribution in [1.82, 2.24) is 0 Å². The Morgan fingerprint density at radius 3 is 3.12 bits per heavy atom. The van der Waals surface area contributed by atoms with Crippen molar-refractivity contribution in [3.63, 3.8) is 0 Å². The lowest BCUT2D eigenvalue weighted by Crippen LogP contribution is -2.41. The minimum Gasteiger partial charge on any atom is -0.488 e. The third-order valence-corrected chi connectivity index (χ3v) is 2.96. The molecule has 1 atom stereocenters. The van der Waals surface area contributed by atoms with Crippen LogP contribution in [0.15, 0.2) is 18.2 Å². The Bertz CT molecular complexity index is 425. The van der Waals surface area contributed by atoms with E-state index in [0.29, 0.717) is 30.5 Å². The van der Waals surface area contributed by atoms with Crippen LogP contribution in [0.5, 0.6) is 5.75 Å². The molecule has 1 aliphatic rings. The van der Waals surface area contributed by atoms with Gasteiger partial charge in [-0.25, -0.2) is 0 Å². The molecule has 0 amide bonds. The largest absolute Gasteiger partial charge is 0.488 e. The summed E-state index contributed by atoms with van der Waals surface area (Å²) in [4.78, 5) is 2.15. The molecule has 0 fully saturated rings. The minimum atomic E-state index is 0.298. The van der Waals surface area contributed by atoms with E-state index in [2.05, 4.69) is 11.0 Å². The number of benzene rings is 1. The summed E-state index contributed by atoms with van der Waals surface area (Å²) in [5.41, 5.74) is 7.13. The minimum absolute atomic E-state index is 0.298. The monoisotopic (exact) mass is 217 g/mol. The fourth-order valence-corrected chi connectivity index (χ4v) is 2.00. The third-order valence-electron chi connectivity index (χ3n) is 2.96. The molecule has 16 heavy (non-hydrogen) atoms. The lowest BCUT2D eigenvalue weighted by molar-refractivity contribution is 0.260. The van der Waals surface area contributed by atoms with Crippen LogP contribution < -0.4 is 15.4 Å². The number of hydrogen-bond donors (Lipinski definition) is 1. The van der Waals surface area contributed by atoms with Crippen molar-refractivity contribution in [2.45, 2.75) is 12.5 Å². The molecule has 0 radical (unpaired) electrons. The molecule has 4 heteroatoms. The Labute approximate surface area is 95.2 Å². The SMILES string of the molecule is CN1c2cccc(C#N)c2OCC1CCN. The second-order valence-corrected chi connectivity index (χ2v) is 3.92. The summed E-state index contributed by atoms with van der Waals surface area (Å²) in [6.07, 6.45) is 0.896. The predicted octanol–water partition coefficient (Wildman–Crippen LogP) is 1.10. The van der Waals surface area contributed by atoms with E-state index in [1.165, 1.54) is 0 Å². The average Bonchev–Trinajstić information content (AvgIpc) is 2.32. The van der Waals surface area contributed by atoms with Gasteiger partial charge in [0.05, 0.1) is 17.3 Å². The number of likely N-dealkylation sites (N-methyl/N-ethyl adjacent to an activating group) is 1. The normalized spacial score (nSPS) is 18.6. The van der Waals surface area contributed by atoms with Crippen molar-refractivity contribution in [2.24, 2.45) is 5.73 Å². The standard InChI is InChI=1S/C12H15N3O/c1-15-10(5-6-13)8-16-12-9(7-14)3-2-4-11(12)15/h2-4,10H,5-6,8,13H2,1H3. The lowest BCUT2D eigenvalue weighted by Gasteiger charge is -2.36. The number of anilines is 1. The summed E-state index contributed by atoms with van der Waals surface area (Å²) >= 11 is 0. The maximum Gasteiger partial charge on any atom is 0.160 e. The van der Waals surface area contributed by atoms with Crippen molar-refractivity contribution in [3.05, 3.63) is 23.8 Å². The molecule has 0 aliphatic carbocycles. The Morgan fingerprint density at radius 2 is 2.44 bits per heavy atom. The van der Waals surface area contributed by atoms with E-state index in [0.717, 1.165) is 12.1 Å². The molecular formula is C12H15N3O. The second-order valence-electron chi connectivity index (χ2n) is 3.92. The van der Waals surface area contributed by atoms with Crippen molar-refractivity contribution in [1.29, 1.82) is 5.26 Å². The highest BCUT2D eigenvalue weighted by Crippen LogP contribution is 2.36. The van der Waals surface area contributed by atoms with Crippen molar-refractivity contribution >= 4 is 5.69 Å². The molecule has 1 heterocycles. The highest BCUT2D eigenvalue weighted by molar-refractivity contribution is 5.66. The fourth-order valence-electron chi connectivity index (χ4n) is 2.00. The van der Waals surface area contributed by atoms with Crippen LogP contribution in [0.1, 0.15) is 12.0 Å². The zero-order valence-corrected chi connectivity index (χ0v) is 9.31. The summed E-state index contributed by atoms with van der Waals surface area (Å²) in [5, 5.41) is 8.98. The van der Waals surface area contributed by atoms with E-state index >= 15 is 0 Å². The summed E-state index contributed by atoms with van der Waals surface area (Å²) in [7, 11) is 2.02. The lowest BCUT2D eigenvalue weighted by atomic mass is 10.1. The molecule has 1 aromatic carbocycles. The topological polar surface area (TPSA) is 62.3 Å². The zero-order valence-electron chi connectivity index (χ0n) is 9.31. The number of nitriles is 1. The van der Waals surface area contributed by atoms with E-state index < -0.39 is 0 Å². The van der Waals surface area contributed by atoms with Crippen LogP contribution in [0.4, 0.5) is 5.69 Å². The molecule has 1 aromatic rings. The first-order chi connectivity index (χ1) is 7.77. The van der Waals surface area contributed by atoms with Crippen molar-refractivity contribution < 1.29 is 4.74 Å². The van der Waals surface area contributed by atoms with E-state index in [4.69, 9.17) is 15.7 Å². The van der Waals surface area contributed by atoms with E-state index in [-0.39, 0.29) is 0 Å². The van der Waals surface area contributed by atoms with Crippen molar-refractivity contribution in [3.8, 4) is 11.8 Å². The van der Waals surface area contributed by atoms with Gasteiger partial charge < -0.3 is 15.4 Å². The molecule has 2 N–H and O–H groups in total. The molecule has 0 bridgehead atoms. The fraction of sp³-hybridized carbons (Fsp3) is 0.417. The average molecular weight is 217 g/mol. The van der Waals surface area contributed by atoms with Crippen LogP contribution >= 0.6 is 0 Å². The van der Waals surface area contributed by atoms with Gasteiger partial charge in [-0.1, -0.05) is 6.07 Å². The highest BCUT2D eigenvalue weighted by atomic mass is 16.5. The summed E-state index contributed by atoms with van der Waals surface area (Å²) in [5.74, 6) is 0.695. The Hall–Kier alpha value is -1.73. The van der Waals surface area contributed by atoms with Gasteiger partial charge in [0, 0.05) is 7.05 Å². The van der Waals surface area contributed by atoms with Gasteiger partial charge in [-0.15, -0.1) is 0 Å². The molecule has 2 rings (SSSR count). The molecule has 0 saturated heterocycles. The summed E-state index contributed by atoms with van der Waals surface area (Å²) in [6.45, 7) is 1.24. The number of rotatable bonds is 2. The van der Waals surface area contributed by atoms with Gasteiger partial charge in [-0.05, 0) is 25.1 Å². The maximum atomic E-state index is 8.98. The van der Waals surface area contributed by atoms with Gasteiger partial charge in [0.15, 0.2) is 5.75 Å². The van der Waals surface area contributed by atoms with Crippen LogP contribution in [-0.4, -0.2) is 26.2 Å². The Balaban J connectivity index is 2.35. The van der Waals surface area contributed by atoms with Gasteiger partial charge >= 0.3 is 0 Å². The number of hydrogen-bond acceptors (Lipinski definition) is 4. The number of fused-ring (bicyclic) bond motifs is 1. The molecule has 4 nitrogen and oxygen atoms in total. The molecule has 1 aliphatic heterocycles. The van der Waals surface area contributed by atoms with Gasteiger partial charge in [0.2, 0.25) is 0 Å². The third kappa shape index (κ3) is 1.70. The van der Waals surface area contributed by atoms with Crippen LogP contribution in [0.3, 0.4) is 0 Å². The van der Waals surface area contributed by atoms with Gasteiger partial charge in [-0.2, -0.15) is 5.26 Å². The molecule has 0 spiro atoms. The Morgan fingerprint density at radius 1 is 1.62 bits per heavy atom. The van der Waals surface area contributed by atoms with Gasteiger partial charge in [0.1, 0.15) is 12.7 Å². The van der Waals surface area contributed by atoms with Gasteiger partial charge in [0.25, 0.3) is 0 Å². The number of ether oxygens (including phenoxy) is 1. The highest BCUT2D eigenvalue weighted by Gasteiger charge is 2.25. The molecular weight excluding hydrogens is 202 g/mol. The molecule has 1 unspecified atom stereocenters. The number of nitrogens with zero attached hydrogens (tertiary/aromatic N) is 2. The first-order valence-corrected chi connectivity index (χ1v) is 5.36. The van der Waals surface area contributed by atoms with Gasteiger partial charge in [-0.3, -0.25) is 0 Å². The van der Waals surface area contributed by atoms with Crippen LogP contribution in [0.25, 0.3) is 0 Å².